The summed E-state index contributed by atoms with van der Waals surface area (Å²) in [5, 5.41) is 7.98. The average Bonchev–Trinajstić information content (AvgIpc) is 3.01. The maximum atomic E-state index is 4.51. The van der Waals surface area contributed by atoms with E-state index in [1.807, 2.05) is 30.6 Å². The molecule has 0 amide bonds. The number of anilines is 1. The van der Waals surface area contributed by atoms with Crippen LogP contribution in [0.1, 0.15) is 11.3 Å². The lowest BCUT2D eigenvalue weighted by molar-refractivity contribution is 0.225. The molecule has 128 valence electrons. The molecule has 0 radical (unpaired) electrons. The number of aromatic nitrogens is 3. The van der Waals surface area contributed by atoms with Crippen LogP contribution in [-0.2, 0) is 19.6 Å². The van der Waals surface area contributed by atoms with Crippen LogP contribution in [0.2, 0.25) is 0 Å². The minimum atomic E-state index is 0.479. The van der Waals surface area contributed by atoms with E-state index < -0.39 is 0 Å². The number of hydrogen-bond acceptors (Lipinski definition) is 4. The van der Waals surface area contributed by atoms with Gasteiger partial charge in [0.15, 0.2) is 0 Å². The summed E-state index contributed by atoms with van der Waals surface area (Å²) in [6.45, 7) is 4.77. The topological polar surface area (TPSA) is 46.0 Å². The van der Waals surface area contributed by atoms with Gasteiger partial charge < -0.3 is 5.32 Å². The van der Waals surface area contributed by atoms with Gasteiger partial charge in [0.05, 0.1) is 5.69 Å². The normalized spacial score (nSPS) is 17.7. The molecule has 0 bridgehead atoms. The van der Waals surface area contributed by atoms with Crippen LogP contribution in [0.3, 0.4) is 0 Å². The van der Waals surface area contributed by atoms with E-state index in [0.717, 1.165) is 38.5 Å². The van der Waals surface area contributed by atoms with Crippen molar-refractivity contribution in [2.24, 2.45) is 5.92 Å². The first kappa shape index (κ1) is 15.8. The molecular weight excluding hydrogens is 310 g/mol. The van der Waals surface area contributed by atoms with Gasteiger partial charge in [-0.25, -0.2) is 4.98 Å². The van der Waals surface area contributed by atoms with Crippen LogP contribution < -0.4 is 5.32 Å². The summed E-state index contributed by atoms with van der Waals surface area (Å²) in [7, 11) is 0. The maximum Gasteiger partial charge on any atom is 0.125 e. The minimum absolute atomic E-state index is 0.479. The van der Waals surface area contributed by atoms with Gasteiger partial charge in [0.1, 0.15) is 5.82 Å². The highest BCUT2D eigenvalue weighted by Gasteiger charge is 2.22. The lowest BCUT2D eigenvalue weighted by Crippen LogP contribution is -2.31. The molecule has 5 nitrogen and oxygen atoms in total. The predicted molar refractivity (Wildman–Crippen MR) is 99.0 cm³/mol. The van der Waals surface area contributed by atoms with E-state index in [9.17, 15) is 0 Å². The SMILES string of the molecule is c1ccc(CN2Cc3ccnn3C[C@@H](CNc3ccccn3)C2)cc1. The minimum Gasteiger partial charge on any atom is -0.370 e. The summed E-state index contributed by atoms with van der Waals surface area (Å²) in [6, 6.07) is 18.8. The second kappa shape index (κ2) is 7.49. The number of fused-ring (bicyclic) bond motifs is 1. The fourth-order valence-electron chi connectivity index (χ4n) is 3.43. The molecule has 1 aliphatic heterocycles. The van der Waals surface area contributed by atoms with E-state index in [4.69, 9.17) is 0 Å². The summed E-state index contributed by atoms with van der Waals surface area (Å²) in [5.41, 5.74) is 2.64. The summed E-state index contributed by atoms with van der Waals surface area (Å²) in [4.78, 5) is 6.88. The van der Waals surface area contributed by atoms with Crippen molar-refractivity contribution in [3.63, 3.8) is 0 Å². The Morgan fingerprint density at radius 2 is 1.84 bits per heavy atom. The Kier molecular flexibility index (Phi) is 4.74. The Morgan fingerprint density at radius 1 is 0.960 bits per heavy atom. The summed E-state index contributed by atoms with van der Waals surface area (Å²) in [6.07, 6.45) is 3.73. The molecule has 5 heteroatoms. The third-order valence-corrected chi connectivity index (χ3v) is 4.62. The Balaban J connectivity index is 1.47. The molecule has 4 rings (SSSR count). The standard InChI is InChI=1S/C20H23N5/c1-2-6-17(7-3-1)13-24-14-18(12-22-20-8-4-5-10-21-20)15-25-19(16-24)9-11-23-25/h1-11,18H,12-16H2,(H,21,22)/t18-/m0/s1. The zero-order valence-corrected chi connectivity index (χ0v) is 14.3. The smallest absolute Gasteiger partial charge is 0.125 e. The molecule has 1 atom stereocenters. The van der Waals surface area contributed by atoms with Crippen LogP contribution in [0.25, 0.3) is 0 Å². The molecule has 25 heavy (non-hydrogen) atoms. The fraction of sp³-hybridized carbons (Fsp3) is 0.300. The van der Waals surface area contributed by atoms with Crippen molar-refractivity contribution in [2.75, 3.05) is 18.4 Å². The molecule has 0 spiro atoms. The molecule has 0 aliphatic carbocycles. The zero-order valence-electron chi connectivity index (χ0n) is 14.3. The van der Waals surface area contributed by atoms with E-state index in [0.29, 0.717) is 5.92 Å². The maximum absolute atomic E-state index is 4.51. The molecule has 2 aromatic heterocycles. The first-order valence-electron chi connectivity index (χ1n) is 8.79. The molecule has 0 saturated carbocycles. The van der Waals surface area contributed by atoms with Crippen LogP contribution in [-0.4, -0.2) is 32.8 Å². The zero-order chi connectivity index (χ0) is 16.9. The van der Waals surface area contributed by atoms with E-state index in [-0.39, 0.29) is 0 Å². The summed E-state index contributed by atoms with van der Waals surface area (Å²) < 4.78 is 2.15. The third kappa shape index (κ3) is 4.06. The molecule has 3 aromatic rings. The van der Waals surface area contributed by atoms with Gasteiger partial charge in [0.25, 0.3) is 0 Å². The summed E-state index contributed by atoms with van der Waals surface area (Å²) in [5.74, 6) is 1.41. The first-order chi connectivity index (χ1) is 12.4. The first-order valence-corrected chi connectivity index (χ1v) is 8.79. The van der Waals surface area contributed by atoms with Crippen molar-refractivity contribution >= 4 is 5.82 Å². The largest absolute Gasteiger partial charge is 0.370 e. The van der Waals surface area contributed by atoms with Gasteiger partial charge in [-0.15, -0.1) is 0 Å². The van der Waals surface area contributed by atoms with Crippen molar-refractivity contribution in [3.8, 4) is 0 Å². The van der Waals surface area contributed by atoms with Gasteiger partial charge in [-0.2, -0.15) is 5.10 Å². The number of nitrogens with zero attached hydrogens (tertiary/aromatic N) is 4. The number of nitrogens with one attached hydrogen (secondary N) is 1. The van der Waals surface area contributed by atoms with Crippen LogP contribution in [0.4, 0.5) is 5.82 Å². The van der Waals surface area contributed by atoms with E-state index in [2.05, 4.69) is 61.4 Å². The highest BCUT2D eigenvalue weighted by atomic mass is 15.3. The molecule has 0 unspecified atom stereocenters. The molecule has 0 saturated heterocycles. The van der Waals surface area contributed by atoms with Crippen LogP contribution in [0, 0.1) is 5.92 Å². The van der Waals surface area contributed by atoms with Crippen LogP contribution in [0.5, 0.6) is 0 Å². The number of rotatable bonds is 5. The second-order valence-electron chi connectivity index (χ2n) is 6.62. The van der Waals surface area contributed by atoms with Gasteiger partial charge in [0, 0.05) is 51.0 Å². The van der Waals surface area contributed by atoms with Gasteiger partial charge in [-0.05, 0) is 23.8 Å². The number of benzene rings is 1. The fourth-order valence-corrected chi connectivity index (χ4v) is 3.43. The summed E-state index contributed by atoms with van der Waals surface area (Å²) >= 11 is 0. The van der Waals surface area contributed by atoms with Gasteiger partial charge in [0.2, 0.25) is 0 Å². The van der Waals surface area contributed by atoms with Gasteiger partial charge >= 0.3 is 0 Å². The highest BCUT2D eigenvalue weighted by molar-refractivity contribution is 5.33. The van der Waals surface area contributed by atoms with Gasteiger partial charge in [-0.1, -0.05) is 36.4 Å². The molecule has 3 heterocycles. The average molecular weight is 333 g/mol. The van der Waals surface area contributed by atoms with E-state index in [1.54, 1.807) is 0 Å². The van der Waals surface area contributed by atoms with Crippen molar-refractivity contribution in [2.45, 2.75) is 19.6 Å². The quantitative estimate of drug-likeness (QED) is 0.780. The molecule has 0 fully saturated rings. The Labute approximate surface area is 148 Å². The van der Waals surface area contributed by atoms with Crippen molar-refractivity contribution < 1.29 is 0 Å². The Bertz CT molecular complexity index is 784. The highest BCUT2D eigenvalue weighted by Crippen LogP contribution is 2.18. The molecular formula is C20H23N5. The van der Waals surface area contributed by atoms with Crippen molar-refractivity contribution in [3.05, 3.63) is 78.2 Å². The van der Waals surface area contributed by atoms with Crippen molar-refractivity contribution in [1.29, 1.82) is 0 Å². The lowest BCUT2D eigenvalue weighted by Gasteiger charge is -2.24. The predicted octanol–water partition coefficient (Wildman–Crippen LogP) is 3.02. The monoisotopic (exact) mass is 333 g/mol. The number of hydrogen-bond donors (Lipinski definition) is 1. The second-order valence-corrected chi connectivity index (χ2v) is 6.62. The Morgan fingerprint density at radius 3 is 2.68 bits per heavy atom. The van der Waals surface area contributed by atoms with Crippen LogP contribution in [0.15, 0.2) is 67.0 Å². The van der Waals surface area contributed by atoms with E-state index in [1.165, 1.54) is 11.3 Å². The lowest BCUT2D eigenvalue weighted by atomic mass is 10.1. The van der Waals surface area contributed by atoms with Crippen LogP contribution >= 0.6 is 0 Å². The molecule has 1 N–H and O–H groups in total. The molecule has 1 aliphatic rings. The Hall–Kier alpha value is -2.66. The van der Waals surface area contributed by atoms with E-state index >= 15 is 0 Å². The molecule has 1 aromatic carbocycles. The third-order valence-electron chi connectivity index (χ3n) is 4.62. The van der Waals surface area contributed by atoms with Crippen molar-refractivity contribution in [1.82, 2.24) is 19.7 Å². The van der Waals surface area contributed by atoms with Gasteiger partial charge in [-0.3, -0.25) is 9.58 Å². The number of pyridine rings is 1.